The number of rotatable bonds is 0. The molecule has 0 aliphatic carbocycles. The van der Waals surface area contributed by atoms with E-state index in [1.165, 1.54) is 25.7 Å². The number of benzene rings is 2. The molecule has 2 heterocycles. The summed E-state index contributed by atoms with van der Waals surface area (Å²) in [5.74, 6) is 0. The van der Waals surface area contributed by atoms with Gasteiger partial charge in [0, 0.05) is 27.9 Å². The van der Waals surface area contributed by atoms with Crippen LogP contribution in [0, 0.1) is 11.3 Å². The molecule has 0 unspecified atom stereocenters. The van der Waals surface area contributed by atoms with Crippen LogP contribution in [-0.4, -0.2) is 4.57 Å². The molecule has 2 nitrogen and oxygen atoms in total. The summed E-state index contributed by atoms with van der Waals surface area (Å²) in [6.07, 6.45) is 0. The van der Waals surface area contributed by atoms with Crippen molar-refractivity contribution in [2.45, 2.75) is 0 Å². The van der Waals surface area contributed by atoms with Gasteiger partial charge in [0.25, 0.3) is 0 Å². The van der Waals surface area contributed by atoms with Gasteiger partial charge in [0.15, 0.2) is 0 Å². The molecular formula is C16H10N2S. The molecule has 0 saturated heterocycles. The molecule has 2 aromatic heterocycles. The van der Waals surface area contributed by atoms with Crippen molar-refractivity contribution in [3.63, 3.8) is 0 Å². The first kappa shape index (κ1) is 10.6. The van der Waals surface area contributed by atoms with Crippen molar-refractivity contribution in [1.29, 1.82) is 5.26 Å². The number of hydrogen-bond donors (Lipinski definition) is 0. The van der Waals surface area contributed by atoms with E-state index in [0.29, 0.717) is 5.56 Å². The van der Waals surface area contributed by atoms with E-state index >= 15 is 0 Å². The van der Waals surface area contributed by atoms with Crippen LogP contribution in [-0.2, 0) is 7.05 Å². The second-order valence-electron chi connectivity index (χ2n) is 4.68. The van der Waals surface area contributed by atoms with Crippen LogP contribution in [0.3, 0.4) is 0 Å². The monoisotopic (exact) mass is 262 g/mol. The summed E-state index contributed by atoms with van der Waals surface area (Å²) in [4.78, 5) is 1.27. The summed E-state index contributed by atoms with van der Waals surface area (Å²) in [6.45, 7) is 0. The quantitative estimate of drug-likeness (QED) is 0.461. The van der Waals surface area contributed by atoms with Gasteiger partial charge in [0.1, 0.15) is 4.83 Å². The van der Waals surface area contributed by atoms with E-state index in [-0.39, 0.29) is 0 Å². The number of aromatic nitrogens is 1. The Morgan fingerprint density at radius 1 is 1.11 bits per heavy atom. The molecule has 4 rings (SSSR count). The molecule has 0 aliphatic rings. The molecule has 0 spiro atoms. The first-order valence-corrected chi connectivity index (χ1v) is 6.91. The normalized spacial score (nSPS) is 11.4. The van der Waals surface area contributed by atoms with E-state index in [1.54, 1.807) is 0 Å². The SMILES string of the molecule is Cn1c2cc(C#N)ccc2c2c3ccccc3sc21. The highest BCUT2D eigenvalue weighted by molar-refractivity contribution is 7.25. The maximum atomic E-state index is 9.03. The van der Waals surface area contributed by atoms with E-state index in [0.717, 1.165) is 5.52 Å². The van der Waals surface area contributed by atoms with E-state index in [4.69, 9.17) is 5.26 Å². The molecule has 0 aliphatic heterocycles. The molecule has 4 aromatic rings. The standard InChI is InChI=1S/C16H10N2S/c1-18-13-8-10(9-17)6-7-11(13)15-12-4-2-3-5-14(12)19-16(15)18/h2-8H,1H3. The van der Waals surface area contributed by atoms with Crippen LogP contribution in [0.15, 0.2) is 42.5 Å². The maximum absolute atomic E-state index is 9.03. The van der Waals surface area contributed by atoms with Crippen molar-refractivity contribution in [3.05, 3.63) is 48.0 Å². The highest BCUT2D eigenvalue weighted by atomic mass is 32.1. The Balaban J connectivity index is 2.30. The Morgan fingerprint density at radius 2 is 1.95 bits per heavy atom. The third-order valence-electron chi connectivity index (χ3n) is 3.64. The fraction of sp³-hybridized carbons (Fsp3) is 0.0625. The summed E-state index contributed by atoms with van der Waals surface area (Å²) in [7, 11) is 2.07. The lowest BCUT2D eigenvalue weighted by molar-refractivity contribution is 1.02. The summed E-state index contributed by atoms with van der Waals surface area (Å²) in [6, 6.07) is 16.6. The molecule has 0 atom stereocenters. The topological polar surface area (TPSA) is 28.7 Å². The number of aryl methyl sites for hydroxylation is 1. The van der Waals surface area contributed by atoms with Gasteiger partial charge in [-0.3, -0.25) is 0 Å². The molecule has 2 aromatic carbocycles. The molecule has 0 N–H and O–H groups in total. The summed E-state index contributed by atoms with van der Waals surface area (Å²) >= 11 is 1.81. The van der Waals surface area contributed by atoms with Gasteiger partial charge in [-0.15, -0.1) is 11.3 Å². The fourth-order valence-electron chi connectivity index (χ4n) is 2.73. The highest BCUT2D eigenvalue weighted by Crippen LogP contribution is 2.40. The first-order valence-electron chi connectivity index (χ1n) is 6.09. The molecule has 19 heavy (non-hydrogen) atoms. The van der Waals surface area contributed by atoms with Crippen molar-refractivity contribution < 1.29 is 0 Å². The smallest absolute Gasteiger partial charge is 0.104 e. The maximum Gasteiger partial charge on any atom is 0.104 e. The molecule has 90 valence electrons. The van der Waals surface area contributed by atoms with Gasteiger partial charge >= 0.3 is 0 Å². The Labute approximate surface area is 114 Å². The molecule has 0 radical (unpaired) electrons. The van der Waals surface area contributed by atoms with Gasteiger partial charge in [0.2, 0.25) is 0 Å². The van der Waals surface area contributed by atoms with E-state index in [2.05, 4.69) is 48.0 Å². The van der Waals surface area contributed by atoms with Gasteiger partial charge in [-0.2, -0.15) is 5.26 Å². The lowest BCUT2D eigenvalue weighted by Crippen LogP contribution is -1.85. The molecular weight excluding hydrogens is 252 g/mol. The minimum Gasteiger partial charge on any atom is -0.335 e. The summed E-state index contributed by atoms with van der Waals surface area (Å²) in [5, 5.41) is 12.9. The number of nitrogens with zero attached hydrogens (tertiary/aromatic N) is 2. The van der Waals surface area contributed by atoms with Crippen LogP contribution < -0.4 is 0 Å². The number of nitriles is 1. The minimum absolute atomic E-state index is 0.713. The third kappa shape index (κ3) is 1.29. The first-order chi connectivity index (χ1) is 9.29. The van der Waals surface area contributed by atoms with Crippen molar-refractivity contribution >= 4 is 42.5 Å². The average molecular weight is 262 g/mol. The zero-order valence-corrected chi connectivity index (χ0v) is 11.2. The van der Waals surface area contributed by atoms with E-state index in [1.807, 2.05) is 23.5 Å². The molecule has 0 saturated carbocycles. The number of hydrogen-bond acceptors (Lipinski definition) is 2. The third-order valence-corrected chi connectivity index (χ3v) is 4.89. The van der Waals surface area contributed by atoms with Gasteiger partial charge in [-0.25, -0.2) is 0 Å². The Hall–Kier alpha value is -2.31. The zero-order valence-electron chi connectivity index (χ0n) is 10.3. The van der Waals surface area contributed by atoms with Gasteiger partial charge in [0.05, 0.1) is 17.1 Å². The molecule has 0 bridgehead atoms. The Morgan fingerprint density at radius 3 is 2.79 bits per heavy atom. The number of fused-ring (bicyclic) bond motifs is 5. The van der Waals surface area contributed by atoms with E-state index < -0.39 is 0 Å². The van der Waals surface area contributed by atoms with Gasteiger partial charge in [-0.05, 0) is 18.2 Å². The molecule has 3 heteroatoms. The zero-order chi connectivity index (χ0) is 13.0. The average Bonchev–Trinajstić information content (AvgIpc) is 2.96. The highest BCUT2D eigenvalue weighted by Gasteiger charge is 2.14. The van der Waals surface area contributed by atoms with Crippen LogP contribution in [0.1, 0.15) is 5.56 Å². The van der Waals surface area contributed by atoms with Crippen molar-refractivity contribution in [2.24, 2.45) is 7.05 Å². The minimum atomic E-state index is 0.713. The van der Waals surface area contributed by atoms with E-state index in [9.17, 15) is 0 Å². The predicted molar refractivity (Wildman–Crippen MR) is 80.5 cm³/mol. The van der Waals surface area contributed by atoms with Crippen molar-refractivity contribution in [2.75, 3.05) is 0 Å². The largest absolute Gasteiger partial charge is 0.335 e. The van der Waals surface area contributed by atoms with Crippen molar-refractivity contribution in [3.8, 4) is 6.07 Å². The van der Waals surface area contributed by atoms with Crippen LogP contribution in [0.25, 0.3) is 31.2 Å². The predicted octanol–water partition coefficient (Wildman–Crippen LogP) is 4.42. The van der Waals surface area contributed by atoms with Crippen molar-refractivity contribution in [1.82, 2.24) is 4.57 Å². The molecule has 0 amide bonds. The summed E-state index contributed by atoms with van der Waals surface area (Å²) < 4.78 is 3.50. The van der Waals surface area contributed by atoms with Gasteiger partial charge < -0.3 is 4.57 Å². The van der Waals surface area contributed by atoms with Crippen LogP contribution in [0.4, 0.5) is 0 Å². The Bertz CT molecular complexity index is 983. The van der Waals surface area contributed by atoms with Gasteiger partial charge in [-0.1, -0.05) is 24.3 Å². The fourth-order valence-corrected chi connectivity index (χ4v) is 3.92. The Kier molecular flexibility index (Phi) is 2.01. The summed E-state index contributed by atoms with van der Waals surface area (Å²) in [5.41, 5.74) is 1.84. The molecule has 0 fully saturated rings. The van der Waals surface area contributed by atoms with Crippen LogP contribution in [0.5, 0.6) is 0 Å². The number of thiophene rings is 1. The lowest BCUT2D eigenvalue weighted by Gasteiger charge is -1.97. The second-order valence-corrected chi connectivity index (χ2v) is 5.71. The van der Waals surface area contributed by atoms with Crippen LogP contribution >= 0.6 is 11.3 Å². The lowest BCUT2D eigenvalue weighted by atomic mass is 10.1. The second kappa shape index (κ2) is 3.59. The van der Waals surface area contributed by atoms with Crippen LogP contribution in [0.2, 0.25) is 0 Å².